The number of hydrogen-bond acceptors (Lipinski definition) is 4. The molecule has 1 aromatic carbocycles. The summed E-state index contributed by atoms with van der Waals surface area (Å²) in [6.45, 7) is 0. The van der Waals surface area contributed by atoms with Crippen LogP contribution in [0.5, 0.6) is 17.2 Å². The van der Waals surface area contributed by atoms with Gasteiger partial charge in [-0.1, -0.05) is 0 Å². The van der Waals surface area contributed by atoms with E-state index in [9.17, 15) is 15.0 Å². The first-order valence-electron chi connectivity index (χ1n) is 4.65. The molecule has 0 aliphatic carbocycles. The average molecular weight is 221 g/mol. The first kappa shape index (κ1) is 10.4. The Balaban J connectivity index is 3.04. The summed E-state index contributed by atoms with van der Waals surface area (Å²) < 4.78 is 6.25. The van der Waals surface area contributed by atoms with E-state index in [0.29, 0.717) is 10.9 Å². The molecule has 5 heteroatoms. The third kappa shape index (κ3) is 1.29. The average Bonchev–Trinajstić information content (AvgIpc) is 2.28. The first-order chi connectivity index (χ1) is 7.56. The van der Waals surface area contributed by atoms with Gasteiger partial charge in [0.25, 0.3) is 5.56 Å². The lowest BCUT2D eigenvalue weighted by Gasteiger charge is -2.11. The lowest BCUT2D eigenvalue weighted by atomic mass is 10.2. The van der Waals surface area contributed by atoms with Gasteiger partial charge >= 0.3 is 0 Å². The Labute approximate surface area is 91.1 Å². The molecular formula is C11H11NO4. The van der Waals surface area contributed by atoms with Crippen LogP contribution in [0.4, 0.5) is 0 Å². The van der Waals surface area contributed by atoms with Crippen LogP contribution >= 0.6 is 0 Å². The molecule has 16 heavy (non-hydrogen) atoms. The Morgan fingerprint density at radius 3 is 2.62 bits per heavy atom. The minimum atomic E-state index is -0.560. The Hall–Kier alpha value is -2.17. The number of aromatic hydroxyl groups is 2. The van der Waals surface area contributed by atoms with Crippen molar-refractivity contribution in [2.75, 3.05) is 7.11 Å². The first-order valence-corrected chi connectivity index (χ1v) is 4.65. The minimum Gasteiger partial charge on any atom is -0.508 e. The van der Waals surface area contributed by atoms with Gasteiger partial charge in [0.15, 0.2) is 5.75 Å². The summed E-state index contributed by atoms with van der Waals surface area (Å²) in [4.78, 5) is 11.6. The second kappa shape index (κ2) is 3.44. The van der Waals surface area contributed by atoms with Gasteiger partial charge in [0, 0.05) is 18.5 Å². The van der Waals surface area contributed by atoms with Gasteiger partial charge in [-0.25, -0.2) is 0 Å². The molecule has 0 radical (unpaired) electrons. The third-order valence-corrected chi connectivity index (χ3v) is 2.51. The quantitative estimate of drug-likeness (QED) is 0.752. The van der Waals surface area contributed by atoms with Gasteiger partial charge in [0.05, 0.1) is 12.6 Å². The molecule has 0 atom stereocenters. The molecule has 2 N–H and O–H groups in total. The maximum absolute atomic E-state index is 11.6. The van der Waals surface area contributed by atoms with Crippen molar-refractivity contribution in [3.05, 3.63) is 28.6 Å². The number of hydrogen-bond donors (Lipinski definition) is 2. The number of fused-ring (bicyclic) bond motifs is 1. The molecule has 5 nitrogen and oxygen atoms in total. The molecule has 0 aliphatic heterocycles. The number of rotatable bonds is 1. The zero-order valence-electron chi connectivity index (χ0n) is 8.89. The Morgan fingerprint density at radius 1 is 1.31 bits per heavy atom. The molecule has 0 bridgehead atoms. The number of methoxy groups -OCH3 is 1. The van der Waals surface area contributed by atoms with Gasteiger partial charge in [0.1, 0.15) is 5.75 Å². The summed E-state index contributed by atoms with van der Waals surface area (Å²) in [6.07, 6.45) is 0. The zero-order chi connectivity index (χ0) is 11.9. The van der Waals surface area contributed by atoms with Gasteiger partial charge < -0.3 is 19.5 Å². The van der Waals surface area contributed by atoms with E-state index in [2.05, 4.69) is 0 Å². The highest BCUT2D eigenvalue weighted by molar-refractivity contribution is 5.88. The van der Waals surface area contributed by atoms with Gasteiger partial charge in [-0.05, 0) is 12.1 Å². The molecule has 0 spiro atoms. The van der Waals surface area contributed by atoms with E-state index in [1.54, 1.807) is 6.07 Å². The van der Waals surface area contributed by atoms with Gasteiger partial charge in [-0.2, -0.15) is 0 Å². The predicted molar refractivity (Wildman–Crippen MR) is 59.1 cm³/mol. The van der Waals surface area contributed by atoms with Crippen LogP contribution in [0, 0.1) is 0 Å². The topological polar surface area (TPSA) is 71.7 Å². The van der Waals surface area contributed by atoms with Crippen LogP contribution in [0.1, 0.15) is 0 Å². The third-order valence-electron chi connectivity index (χ3n) is 2.51. The van der Waals surface area contributed by atoms with E-state index in [1.807, 2.05) is 0 Å². The lowest BCUT2D eigenvalue weighted by Crippen LogP contribution is -2.17. The maximum atomic E-state index is 11.6. The SMILES string of the molecule is COc1c(O)c(=O)n(C)c2cc(O)ccc12. The second-order valence-corrected chi connectivity index (χ2v) is 3.45. The fourth-order valence-corrected chi connectivity index (χ4v) is 1.69. The lowest BCUT2D eigenvalue weighted by molar-refractivity contribution is 0.372. The molecule has 2 rings (SSSR count). The van der Waals surface area contributed by atoms with Crippen LogP contribution in [0.3, 0.4) is 0 Å². The molecule has 1 aromatic heterocycles. The number of phenolic OH excluding ortho intramolecular Hbond substituents is 1. The monoisotopic (exact) mass is 221 g/mol. The van der Waals surface area contributed by atoms with E-state index < -0.39 is 11.3 Å². The highest BCUT2D eigenvalue weighted by Crippen LogP contribution is 2.32. The van der Waals surface area contributed by atoms with Crippen molar-refractivity contribution in [1.82, 2.24) is 4.57 Å². The van der Waals surface area contributed by atoms with Crippen molar-refractivity contribution < 1.29 is 14.9 Å². The fraction of sp³-hybridized carbons (Fsp3) is 0.182. The van der Waals surface area contributed by atoms with Crippen molar-refractivity contribution >= 4 is 10.9 Å². The summed E-state index contributed by atoms with van der Waals surface area (Å²) in [5.41, 5.74) is -0.0606. The minimum absolute atomic E-state index is 0.0512. The number of phenols is 1. The molecule has 0 aliphatic rings. The van der Waals surface area contributed by atoms with E-state index in [0.717, 1.165) is 0 Å². The van der Waals surface area contributed by atoms with Crippen molar-refractivity contribution in [2.45, 2.75) is 0 Å². The summed E-state index contributed by atoms with van der Waals surface area (Å²) in [7, 11) is 2.89. The summed E-state index contributed by atoms with van der Waals surface area (Å²) in [5.74, 6) is -0.253. The summed E-state index contributed by atoms with van der Waals surface area (Å²) in [6, 6.07) is 4.50. The van der Waals surface area contributed by atoms with Crippen molar-refractivity contribution in [2.24, 2.45) is 7.05 Å². The highest BCUT2D eigenvalue weighted by atomic mass is 16.5. The molecule has 0 saturated heterocycles. The molecule has 0 amide bonds. The Kier molecular flexibility index (Phi) is 2.23. The standard InChI is InChI=1S/C11H11NO4/c1-12-8-5-6(13)3-4-7(8)10(16-2)9(14)11(12)15/h3-5,13-14H,1-2H3. The fourth-order valence-electron chi connectivity index (χ4n) is 1.69. The number of nitrogens with zero attached hydrogens (tertiary/aromatic N) is 1. The maximum Gasteiger partial charge on any atom is 0.296 e. The number of aromatic nitrogens is 1. The largest absolute Gasteiger partial charge is 0.508 e. The van der Waals surface area contributed by atoms with Crippen molar-refractivity contribution in [1.29, 1.82) is 0 Å². The molecule has 0 unspecified atom stereocenters. The van der Waals surface area contributed by atoms with Crippen LogP contribution in [0.2, 0.25) is 0 Å². The number of ether oxygens (including phenoxy) is 1. The van der Waals surface area contributed by atoms with E-state index in [-0.39, 0.29) is 11.5 Å². The normalized spacial score (nSPS) is 10.6. The predicted octanol–water partition coefficient (Wildman–Crippen LogP) is 0.958. The van der Waals surface area contributed by atoms with Crippen molar-refractivity contribution in [3.63, 3.8) is 0 Å². The Morgan fingerprint density at radius 2 is 2.00 bits per heavy atom. The molecule has 0 saturated carbocycles. The van der Waals surface area contributed by atoms with Gasteiger partial charge in [-0.15, -0.1) is 0 Å². The van der Waals surface area contributed by atoms with Crippen LogP contribution in [0.15, 0.2) is 23.0 Å². The van der Waals surface area contributed by atoms with E-state index in [1.165, 1.54) is 30.9 Å². The molecular weight excluding hydrogens is 210 g/mol. The van der Waals surface area contributed by atoms with Crippen molar-refractivity contribution in [3.8, 4) is 17.2 Å². The highest BCUT2D eigenvalue weighted by Gasteiger charge is 2.14. The smallest absolute Gasteiger partial charge is 0.296 e. The van der Waals surface area contributed by atoms with Crippen LogP contribution in [-0.2, 0) is 7.05 Å². The molecule has 84 valence electrons. The van der Waals surface area contributed by atoms with Gasteiger partial charge in [-0.3, -0.25) is 4.79 Å². The van der Waals surface area contributed by atoms with Crippen LogP contribution in [0.25, 0.3) is 10.9 Å². The number of aryl methyl sites for hydroxylation is 1. The van der Waals surface area contributed by atoms with E-state index in [4.69, 9.17) is 4.74 Å². The summed E-state index contributed by atoms with van der Waals surface area (Å²) in [5, 5.41) is 19.6. The van der Waals surface area contributed by atoms with E-state index >= 15 is 0 Å². The number of pyridine rings is 1. The second-order valence-electron chi connectivity index (χ2n) is 3.45. The molecule has 0 fully saturated rings. The molecule has 1 heterocycles. The summed E-state index contributed by atoms with van der Waals surface area (Å²) >= 11 is 0. The zero-order valence-corrected chi connectivity index (χ0v) is 8.89. The number of benzene rings is 1. The van der Waals surface area contributed by atoms with Gasteiger partial charge in [0.2, 0.25) is 5.75 Å². The van der Waals surface area contributed by atoms with Crippen LogP contribution in [-0.4, -0.2) is 21.9 Å². The van der Waals surface area contributed by atoms with Crippen LogP contribution < -0.4 is 10.3 Å². The molecule has 2 aromatic rings. The Bertz CT molecular complexity index is 615.